The van der Waals surface area contributed by atoms with Crippen LogP contribution in [0.4, 0.5) is 0 Å². The molecular weight excluding hydrogens is 306 g/mol. The molecule has 0 amide bonds. The van der Waals surface area contributed by atoms with Crippen molar-refractivity contribution in [3.05, 3.63) is 0 Å². The molecule has 22 heavy (non-hydrogen) atoms. The molecule has 1 aliphatic heterocycles. The molecule has 1 heterocycles. The number of carbonyl (C=O) groups is 2. The number of carbonyl (C=O) groups excluding carboxylic acids is 2. The van der Waals surface area contributed by atoms with Gasteiger partial charge in [0.2, 0.25) is 0 Å². The highest BCUT2D eigenvalue weighted by Crippen LogP contribution is 2.34. The van der Waals surface area contributed by atoms with Crippen molar-refractivity contribution in [2.45, 2.75) is 58.8 Å². The van der Waals surface area contributed by atoms with Crippen LogP contribution in [0.5, 0.6) is 0 Å². The van der Waals surface area contributed by atoms with Crippen LogP contribution in [-0.2, 0) is 23.8 Å². The van der Waals surface area contributed by atoms with E-state index in [9.17, 15) is 9.59 Å². The van der Waals surface area contributed by atoms with Crippen molar-refractivity contribution in [1.82, 2.24) is 0 Å². The Morgan fingerprint density at radius 1 is 1.14 bits per heavy atom. The van der Waals surface area contributed by atoms with E-state index in [2.05, 4.69) is 0 Å². The summed E-state index contributed by atoms with van der Waals surface area (Å²) >= 11 is 4.91. The smallest absolute Gasteiger partial charge is 0.303 e. The lowest BCUT2D eigenvalue weighted by atomic mass is 9.80. The van der Waals surface area contributed by atoms with Gasteiger partial charge in [-0.25, -0.2) is 0 Å². The third-order valence-corrected chi connectivity index (χ3v) is 4.28. The number of ether oxygens (including phenoxy) is 3. The molecule has 1 fully saturated rings. The molecule has 126 valence electrons. The minimum atomic E-state index is -0.477. The van der Waals surface area contributed by atoms with Crippen molar-refractivity contribution in [2.24, 2.45) is 17.6 Å². The molecule has 0 bridgehead atoms. The molecule has 0 aromatic rings. The molecule has 0 aliphatic carbocycles. The number of nitrogens with two attached hydrogens (primary N) is 1. The Labute approximate surface area is 136 Å². The molecule has 6 nitrogen and oxygen atoms in total. The zero-order chi connectivity index (χ0) is 16.9. The highest BCUT2D eigenvalue weighted by molar-refractivity contribution is 7.80. The van der Waals surface area contributed by atoms with E-state index in [4.69, 9.17) is 32.2 Å². The van der Waals surface area contributed by atoms with Gasteiger partial charge in [0.15, 0.2) is 0 Å². The Bertz CT molecular complexity index is 426. The predicted molar refractivity (Wildman–Crippen MR) is 85.2 cm³/mol. The van der Waals surface area contributed by atoms with Crippen molar-refractivity contribution < 1.29 is 23.8 Å². The lowest BCUT2D eigenvalue weighted by Crippen LogP contribution is -2.52. The summed E-state index contributed by atoms with van der Waals surface area (Å²) in [6.45, 7) is 6.82. The van der Waals surface area contributed by atoms with Crippen LogP contribution in [0.1, 0.15) is 40.5 Å². The Balaban J connectivity index is 2.81. The maximum absolute atomic E-state index is 11.3. The second-order valence-corrected chi connectivity index (χ2v) is 6.34. The van der Waals surface area contributed by atoms with E-state index in [0.29, 0.717) is 17.8 Å². The molecule has 2 N–H and O–H groups in total. The van der Waals surface area contributed by atoms with Gasteiger partial charge in [0.1, 0.15) is 18.8 Å². The van der Waals surface area contributed by atoms with Gasteiger partial charge in [-0.1, -0.05) is 26.1 Å². The standard InChI is InChI=1S/C15H25NO5S/c1-8-9(2)15(20-11(4)18)13(7-19-10(3)17)21-12(8)5-6-14(16)22/h8-9,12-13,15H,5-7H2,1-4H3,(H2,16,22)/t8-,9+,12+,13+,15-/m0/s1. The summed E-state index contributed by atoms with van der Waals surface area (Å²) < 4.78 is 16.4. The van der Waals surface area contributed by atoms with E-state index in [0.717, 1.165) is 0 Å². The predicted octanol–water partition coefficient (Wildman–Crippen LogP) is 1.59. The number of rotatable bonds is 6. The largest absolute Gasteiger partial charge is 0.463 e. The zero-order valence-corrected chi connectivity index (χ0v) is 14.4. The molecular formula is C15H25NO5S. The molecule has 1 saturated heterocycles. The fourth-order valence-corrected chi connectivity index (χ4v) is 2.84. The molecule has 1 aliphatic rings. The first kappa shape index (κ1) is 18.8. The average Bonchev–Trinajstić information content (AvgIpc) is 2.41. The van der Waals surface area contributed by atoms with Crippen LogP contribution in [0.2, 0.25) is 0 Å². The van der Waals surface area contributed by atoms with E-state index in [1.165, 1.54) is 13.8 Å². The minimum absolute atomic E-state index is 0.0634. The first-order valence-corrected chi connectivity index (χ1v) is 7.87. The minimum Gasteiger partial charge on any atom is -0.463 e. The Morgan fingerprint density at radius 3 is 2.27 bits per heavy atom. The first-order chi connectivity index (χ1) is 10.2. The van der Waals surface area contributed by atoms with Crippen molar-refractivity contribution >= 4 is 29.1 Å². The molecule has 0 unspecified atom stereocenters. The van der Waals surface area contributed by atoms with Gasteiger partial charge in [-0.2, -0.15) is 0 Å². The maximum Gasteiger partial charge on any atom is 0.303 e. The molecule has 0 aromatic carbocycles. The highest BCUT2D eigenvalue weighted by atomic mass is 32.1. The molecule has 5 atom stereocenters. The maximum atomic E-state index is 11.3. The fourth-order valence-electron chi connectivity index (χ4n) is 2.73. The SMILES string of the molecule is CC(=O)OC[C@H]1O[C@H](CCC(N)=S)[C@@H](C)[C@@H](C)[C@@H]1OC(C)=O. The van der Waals surface area contributed by atoms with Gasteiger partial charge in [0, 0.05) is 19.8 Å². The van der Waals surface area contributed by atoms with E-state index in [1.54, 1.807) is 0 Å². The van der Waals surface area contributed by atoms with Crippen LogP contribution in [0.25, 0.3) is 0 Å². The van der Waals surface area contributed by atoms with Crippen molar-refractivity contribution in [3.63, 3.8) is 0 Å². The lowest BCUT2D eigenvalue weighted by Gasteiger charge is -2.44. The third-order valence-electron chi connectivity index (χ3n) is 4.08. The van der Waals surface area contributed by atoms with Crippen LogP contribution < -0.4 is 5.73 Å². The number of esters is 2. The monoisotopic (exact) mass is 331 g/mol. The van der Waals surface area contributed by atoms with Crippen molar-refractivity contribution in [3.8, 4) is 0 Å². The summed E-state index contributed by atoms with van der Waals surface area (Å²) in [6, 6.07) is 0. The normalized spacial score (nSPS) is 31.4. The number of thiocarbonyl (C=S) groups is 1. The van der Waals surface area contributed by atoms with Gasteiger partial charge in [0.05, 0.1) is 11.1 Å². The van der Waals surface area contributed by atoms with E-state index in [-0.39, 0.29) is 30.5 Å². The Kier molecular flexibility index (Phi) is 7.22. The summed E-state index contributed by atoms with van der Waals surface area (Å²) in [7, 11) is 0. The molecule has 0 radical (unpaired) electrons. The second kappa shape index (κ2) is 8.43. The van der Waals surface area contributed by atoms with Gasteiger partial charge >= 0.3 is 11.9 Å². The zero-order valence-electron chi connectivity index (χ0n) is 13.5. The van der Waals surface area contributed by atoms with Gasteiger partial charge < -0.3 is 19.9 Å². The lowest BCUT2D eigenvalue weighted by molar-refractivity contribution is -0.206. The van der Waals surface area contributed by atoms with E-state index in [1.807, 2.05) is 13.8 Å². The summed E-state index contributed by atoms with van der Waals surface area (Å²) in [5.41, 5.74) is 5.55. The fraction of sp³-hybridized carbons (Fsp3) is 0.800. The summed E-state index contributed by atoms with van der Waals surface area (Å²) in [6.07, 6.45) is 0.312. The van der Waals surface area contributed by atoms with Crippen LogP contribution in [0.3, 0.4) is 0 Å². The van der Waals surface area contributed by atoms with Gasteiger partial charge in [-0.15, -0.1) is 0 Å². The molecule has 7 heteroatoms. The molecule has 0 aromatic heterocycles. The van der Waals surface area contributed by atoms with E-state index >= 15 is 0 Å². The second-order valence-electron chi connectivity index (χ2n) is 5.81. The summed E-state index contributed by atoms with van der Waals surface area (Å²) in [5.74, 6) is -0.514. The molecule has 0 saturated carbocycles. The van der Waals surface area contributed by atoms with Crippen molar-refractivity contribution in [2.75, 3.05) is 6.61 Å². The van der Waals surface area contributed by atoms with Crippen LogP contribution in [0, 0.1) is 11.8 Å². The third kappa shape index (κ3) is 5.53. The summed E-state index contributed by atoms with van der Waals surface area (Å²) in [4.78, 5) is 22.8. The Morgan fingerprint density at radius 2 is 1.77 bits per heavy atom. The average molecular weight is 331 g/mol. The van der Waals surface area contributed by atoms with Crippen LogP contribution in [0.15, 0.2) is 0 Å². The van der Waals surface area contributed by atoms with Crippen molar-refractivity contribution in [1.29, 1.82) is 0 Å². The topological polar surface area (TPSA) is 87.8 Å². The molecule has 1 rings (SSSR count). The van der Waals surface area contributed by atoms with Crippen LogP contribution in [-0.4, -0.2) is 41.8 Å². The van der Waals surface area contributed by atoms with Gasteiger partial charge in [0.25, 0.3) is 0 Å². The Hall–Kier alpha value is -1.21. The first-order valence-electron chi connectivity index (χ1n) is 7.46. The van der Waals surface area contributed by atoms with Gasteiger partial charge in [-0.3, -0.25) is 9.59 Å². The van der Waals surface area contributed by atoms with E-state index < -0.39 is 18.2 Å². The quantitative estimate of drug-likeness (QED) is 0.584. The van der Waals surface area contributed by atoms with Crippen LogP contribution >= 0.6 is 12.2 Å². The van der Waals surface area contributed by atoms with Gasteiger partial charge in [-0.05, 0) is 18.8 Å². The number of hydrogen-bond acceptors (Lipinski definition) is 6. The number of hydrogen-bond donors (Lipinski definition) is 1. The summed E-state index contributed by atoms with van der Waals surface area (Å²) in [5, 5.41) is 0. The molecule has 0 spiro atoms. The highest BCUT2D eigenvalue weighted by Gasteiger charge is 2.43.